The first-order valence-corrected chi connectivity index (χ1v) is 6.96. The zero-order valence-electron chi connectivity index (χ0n) is 12.8. The average Bonchev–Trinajstić information content (AvgIpc) is 2.42. The Morgan fingerprint density at radius 1 is 1.14 bits per heavy atom. The lowest BCUT2D eigenvalue weighted by atomic mass is 10.1. The number of nitrogens with zero attached hydrogens (tertiary/aromatic N) is 1. The zero-order chi connectivity index (χ0) is 15.6. The summed E-state index contributed by atoms with van der Waals surface area (Å²) >= 11 is 0. The second-order valence-electron chi connectivity index (χ2n) is 5.55. The summed E-state index contributed by atoms with van der Waals surface area (Å²) in [6.45, 7) is 8.09. The molecule has 4 nitrogen and oxygen atoms in total. The molecule has 0 unspecified atom stereocenters. The van der Waals surface area contributed by atoms with Gasteiger partial charge in [-0.3, -0.25) is 0 Å². The van der Waals surface area contributed by atoms with Crippen LogP contribution in [-0.2, 0) is 0 Å². The quantitative estimate of drug-likeness (QED) is 0.880. The first-order chi connectivity index (χ1) is 9.86. The van der Waals surface area contributed by atoms with Crippen molar-refractivity contribution in [2.75, 3.05) is 5.32 Å². The third-order valence-electron chi connectivity index (χ3n) is 3.46. The normalized spacial score (nSPS) is 10.7. The van der Waals surface area contributed by atoms with Crippen molar-refractivity contribution < 1.29 is 9.90 Å². The number of rotatable bonds is 4. The molecule has 21 heavy (non-hydrogen) atoms. The standard InChI is InChI=1S/C17H20N2O2/c1-10(2)15-8-13(17(20)21)9-16(19-15)18-14-6-5-11(3)12(4)7-14/h5-10H,1-4H3,(H,18,19)(H,20,21). The van der Waals surface area contributed by atoms with Gasteiger partial charge in [0.1, 0.15) is 5.82 Å². The highest BCUT2D eigenvalue weighted by Gasteiger charge is 2.11. The van der Waals surface area contributed by atoms with Crippen LogP contribution in [0.4, 0.5) is 11.5 Å². The van der Waals surface area contributed by atoms with Gasteiger partial charge in [0.15, 0.2) is 0 Å². The van der Waals surface area contributed by atoms with E-state index in [2.05, 4.69) is 17.2 Å². The molecule has 0 aliphatic carbocycles. The monoisotopic (exact) mass is 284 g/mol. The van der Waals surface area contributed by atoms with Crippen LogP contribution in [0, 0.1) is 13.8 Å². The van der Waals surface area contributed by atoms with E-state index in [0.29, 0.717) is 5.82 Å². The minimum atomic E-state index is -0.942. The maximum Gasteiger partial charge on any atom is 0.335 e. The molecule has 0 amide bonds. The van der Waals surface area contributed by atoms with Gasteiger partial charge in [0.05, 0.1) is 5.56 Å². The van der Waals surface area contributed by atoms with Crippen LogP contribution in [0.3, 0.4) is 0 Å². The van der Waals surface area contributed by atoms with E-state index < -0.39 is 5.97 Å². The Hall–Kier alpha value is -2.36. The van der Waals surface area contributed by atoms with Crippen molar-refractivity contribution in [3.8, 4) is 0 Å². The number of anilines is 2. The van der Waals surface area contributed by atoms with Gasteiger partial charge in [0.25, 0.3) is 0 Å². The number of benzene rings is 1. The summed E-state index contributed by atoms with van der Waals surface area (Å²) in [6.07, 6.45) is 0. The lowest BCUT2D eigenvalue weighted by Crippen LogP contribution is -2.05. The van der Waals surface area contributed by atoms with E-state index in [0.717, 1.165) is 11.4 Å². The number of aryl methyl sites for hydroxylation is 2. The van der Waals surface area contributed by atoms with Crippen molar-refractivity contribution in [1.29, 1.82) is 0 Å². The lowest BCUT2D eigenvalue weighted by molar-refractivity contribution is 0.0696. The number of aromatic nitrogens is 1. The molecule has 2 N–H and O–H groups in total. The number of pyridine rings is 1. The number of carboxylic acids is 1. The van der Waals surface area contributed by atoms with Crippen LogP contribution in [-0.4, -0.2) is 16.1 Å². The van der Waals surface area contributed by atoms with Crippen LogP contribution in [0.1, 0.15) is 46.9 Å². The summed E-state index contributed by atoms with van der Waals surface area (Å²) < 4.78 is 0. The number of hydrogen-bond acceptors (Lipinski definition) is 3. The van der Waals surface area contributed by atoms with Crippen molar-refractivity contribution in [3.63, 3.8) is 0 Å². The number of carboxylic acid groups (broad SMARTS) is 1. The molecule has 110 valence electrons. The van der Waals surface area contributed by atoms with Gasteiger partial charge in [-0.25, -0.2) is 9.78 Å². The second kappa shape index (κ2) is 5.95. The summed E-state index contributed by atoms with van der Waals surface area (Å²) in [7, 11) is 0. The molecule has 0 saturated carbocycles. The highest BCUT2D eigenvalue weighted by Crippen LogP contribution is 2.22. The number of aromatic carboxylic acids is 1. The topological polar surface area (TPSA) is 62.2 Å². The Kier molecular flexibility index (Phi) is 4.26. The third kappa shape index (κ3) is 3.60. The van der Waals surface area contributed by atoms with Gasteiger partial charge in [-0.05, 0) is 55.2 Å². The molecule has 0 aliphatic heterocycles. The Morgan fingerprint density at radius 2 is 1.86 bits per heavy atom. The van der Waals surface area contributed by atoms with Gasteiger partial charge in [-0.2, -0.15) is 0 Å². The molecule has 0 radical (unpaired) electrons. The Morgan fingerprint density at radius 3 is 2.43 bits per heavy atom. The summed E-state index contributed by atoms with van der Waals surface area (Å²) in [5.74, 6) is -0.214. The van der Waals surface area contributed by atoms with Gasteiger partial charge in [-0.15, -0.1) is 0 Å². The van der Waals surface area contributed by atoms with Crippen LogP contribution in [0.2, 0.25) is 0 Å². The third-order valence-corrected chi connectivity index (χ3v) is 3.46. The maximum absolute atomic E-state index is 11.2. The summed E-state index contributed by atoms with van der Waals surface area (Å²) in [5.41, 5.74) is 4.32. The minimum Gasteiger partial charge on any atom is -0.478 e. The maximum atomic E-state index is 11.2. The molecule has 2 rings (SSSR count). The Balaban J connectivity index is 2.38. The minimum absolute atomic E-state index is 0.171. The fourth-order valence-electron chi connectivity index (χ4n) is 2.00. The van der Waals surface area contributed by atoms with Gasteiger partial charge >= 0.3 is 5.97 Å². The fourth-order valence-corrected chi connectivity index (χ4v) is 2.00. The van der Waals surface area contributed by atoms with Crippen LogP contribution in [0.5, 0.6) is 0 Å². The average molecular weight is 284 g/mol. The molecule has 0 bridgehead atoms. The number of nitrogens with one attached hydrogen (secondary N) is 1. The summed E-state index contributed by atoms with van der Waals surface area (Å²) in [4.78, 5) is 15.7. The summed E-state index contributed by atoms with van der Waals surface area (Å²) in [6, 6.07) is 9.20. The molecule has 0 atom stereocenters. The van der Waals surface area contributed by atoms with Gasteiger partial charge < -0.3 is 10.4 Å². The largest absolute Gasteiger partial charge is 0.478 e. The fraction of sp³-hybridized carbons (Fsp3) is 0.294. The van der Waals surface area contributed by atoms with Crippen LogP contribution < -0.4 is 5.32 Å². The molecule has 0 fully saturated rings. The lowest BCUT2D eigenvalue weighted by Gasteiger charge is -2.12. The molecule has 2 aromatic rings. The van der Waals surface area contributed by atoms with Crippen LogP contribution in [0.25, 0.3) is 0 Å². The van der Waals surface area contributed by atoms with Gasteiger partial charge in [0.2, 0.25) is 0 Å². The number of carbonyl (C=O) groups is 1. The van der Waals surface area contributed by atoms with Gasteiger partial charge in [-0.1, -0.05) is 19.9 Å². The highest BCUT2D eigenvalue weighted by atomic mass is 16.4. The zero-order valence-corrected chi connectivity index (χ0v) is 12.8. The van der Waals surface area contributed by atoms with Crippen molar-refractivity contribution in [3.05, 3.63) is 52.7 Å². The molecule has 4 heteroatoms. The van der Waals surface area contributed by atoms with Gasteiger partial charge in [0, 0.05) is 11.4 Å². The SMILES string of the molecule is Cc1ccc(Nc2cc(C(=O)O)cc(C(C)C)n2)cc1C. The van der Waals surface area contributed by atoms with Crippen molar-refractivity contribution in [2.24, 2.45) is 0 Å². The van der Waals surface area contributed by atoms with Crippen LogP contribution in [0.15, 0.2) is 30.3 Å². The van der Waals surface area contributed by atoms with E-state index in [1.54, 1.807) is 12.1 Å². The molecular weight excluding hydrogens is 264 g/mol. The first kappa shape index (κ1) is 15.0. The highest BCUT2D eigenvalue weighted by molar-refractivity contribution is 5.88. The first-order valence-electron chi connectivity index (χ1n) is 6.96. The molecule has 0 aliphatic rings. The van der Waals surface area contributed by atoms with Crippen molar-refractivity contribution in [2.45, 2.75) is 33.6 Å². The second-order valence-corrected chi connectivity index (χ2v) is 5.55. The van der Waals surface area contributed by atoms with E-state index in [1.165, 1.54) is 11.1 Å². The van der Waals surface area contributed by atoms with E-state index in [9.17, 15) is 9.90 Å². The van der Waals surface area contributed by atoms with E-state index in [1.807, 2.05) is 39.0 Å². The molecule has 1 heterocycles. The molecule has 0 saturated heterocycles. The predicted molar refractivity (Wildman–Crippen MR) is 84.5 cm³/mol. The van der Waals surface area contributed by atoms with E-state index in [4.69, 9.17) is 0 Å². The Bertz CT molecular complexity index is 678. The molecule has 1 aromatic heterocycles. The predicted octanol–water partition coefficient (Wildman–Crippen LogP) is 4.26. The smallest absolute Gasteiger partial charge is 0.335 e. The molecule has 1 aromatic carbocycles. The van der Waals surface area contributed by atoms with Crippen molar-refractivity contribution >= 4 is 17.5 Å². The Labute approximate surface area is 124 Å². The summed E-state index contributed by atoms with van der Waals surface area (Å²) in [5, 5.41) is 12.4. The van der Waals surface area contributed by atoms with Crippen molar-refractivity contribution in [1.82, 2.24) is 4.98 Å². The molecular formula is C17H20N2O2. The van der Waals surface area contributed by atoms with E-state index >= 15 is 0 Å². The van der Waals surface area contributed by atoms with Crippen LogP contribution >= 0.6 is 0 Å². The number of hydrogen-bond donors (Lipinski definition) is 2. The molecule has 0 spiro atoms. The van der Waals surface area contributed by atoms with E-state index in [-0.39, 0.29) is 11.5 Å².